The molecule has 14 rings (SSSR count). The second-order valence-electron chi connectivity index (χ2n) is 17.6. The van der Waals surface area contributed by atoms with Gasteiger partial charge in [-0.05, 0) is 146 Å². The third-order valence-electron chi connectivity index (χ3n) is 14.9. The van der Waals surface area contributed by atoms with Gasteiger partial charge in [0.05, 0.1) is 0 Å². The zero-order chi connectivity index (χ0) is 37.2. The Morgan fingerprint density at radius 3 is 1.63 bits per heavy atom. The standard InChI is InChI=1S/C56H42O/c1-2-10-36(11-3-1)42-23-24-43(46-13-5-4-12-45(42)46)37-18-20-38(21-19-37)44-25-26-49-48-15-7-9-17-53(48)57-55(49)54(44)39-22-27-52-50(33-39)47-14-6-8-16-51(47)56(52)40-29-34-28-35(31-40)32-41(56)30-34/h1-27,33-35,40-41H,28-32H2. The van der Waals surface area contributed by atoms with Gasteiger partial charge in [0.25, 0.3) is 0 Å². The van der Waals surface area contributed by atoms with Crippen LogP contribution in [0.2, 0.25) is 0 Å². The van der Waals surface area contributed by atoms with Gasteiger partial charge >= 0.3 is 0 Å². The van der Waals surface area contributed by atoms with Crippen molar-refractivity contribution in [3.05, 3.63) is 181 Å². The molecule has 1 nitrogen and oxygen atoms in total. The number of rotatable bonds is 4. The van der Waals surface area contributed by atoms with Crippen molar-refractivity contribution in [2.75, 3.05) is 0 Å². The van der Waals surface area contributed by atoms with Gasteiger partial charge in [0.15, 0.2) is 0 Å². The monoisotopic (exact) mass is 730 g/mol. The fourth-order valence-corrected chi connectivity index (χ4v) is 12.9. The lowest BCUT2D eigenvalue weighted by Crippen LogP contribution is -2.55. The average molecular weight is 731 g/mol. The highest BCUT2D eigenvalue weighted by Crippen LogP contribution is 2.69. The summed E-state index contributed by atoms with van der Waals surface area (Å²) in [6.07, 6.45) is 7.06. The van der Waals surface area contributed by atoms with Crippen molar-refractivity contribution in [2.45, 2.75) is 37.5 Å². The van der Waals surface area contributed by atoms with E-state index in [0.717, 1.165) is 34.8 Å². The molecule has 8 aromatic carbocycles. The molecule has 0 aliphatic heterocycles. The molecule has 4 saturated carbocycles. The van der Waals surface area contributed by atoms with Crippen LogP contribution in [0.15, 0.2) is 174 Å². The first-order valence-corrected chi connectivity index (χ1v) is 21.1. The molecule has 0 atom stereocenters. The summed E-state index contributed by atoms with van der Waals surface area (Å²) in [6.45, 7) is 0. The molecule has 5 aliphatic rings. The van der Waals surface area contributed by atoms with Crippen molar-refractivity contribution in [3.8, 4) is 55.6 Å². The third kappa shape index (κ3) is 4.46. The molecule has 0 radical (unpaired) electrons. The van der Waals surface area contributed by atoms with Gasteiger partial charge in [-0.2, -0.15) is 0 Å². The first-order chi connectivity index (χ1) is 28.2. The predicted octanol–water partition coefficient (Wildman–Crippen LogP) is 15.1. The van der Waals surface area contributed by atoms with E-state index < -0.39 is 0 Å². The van der Waals surface area contributed by atoms with E-state index in [1.165, 1.54) is 109 Å². The normalized spacial score (nSPS) is 22.8. The zero-order valence-electron chi connectivity index (χ0n) is 31.9. The lowest BCUT2D eigenvalue weighted by atomic mass is 9.43. The smallest absolute Gasteiger partial charge is 0.143 e. The van der Waals surface area contributed by atoms with Crippen molar-refractivity contribution in [1.82, 2.24) is 0 Å². The molecule has 4 fully saturated rings. The second-order valence-corrected chi connectivity index (χ2v) is 17.6. The van der Waals surface area contributed by atoms with Gasteiger partial charge in [0.2, 0.25) is 0 Å². The Bertz CT molecular complexity index is 3040. The molecule has 0 amide bonds. The van der Waals surface area contributed by atoms with Crippen LogP contribution in [0.5, 0.6) is 0 Å². The summed E-state index contributed by atoms with van der Waals surface area (Å²) in [4.78, 5) is 0. The molecule has 1 aromatic heterocycles. The van der Waals surface area contributed by atoms with E-state index in [-0.39, 0.29) is 5.41 Å². The predicted molar refractivity (Wildman–Crippen MR) is 236 cm³/mol. The van der Waals surface area contributed by atoms with Gasteiger partial charge in [0, 0.05) is 21.8 Å². The minimum Gasteiger partial charge on any atom is -0.455 e. The summed E-state index contributed by atoms with van der Waals surface area (Å²) in [5, 5.41) is 4.88. The largest absolute Gasteiger partial charge is 0.455 e. The quantitative estimate of drug-likeness (QED) is 0.176. The van der Waals surface area contributed by atoms with Crippen LogP contribution in [0.1, 0.15) is 43.2 Å². The van der Waals surface area contributed by atoms with Gasteiger partial charge < -0.3 is 4.42 Å². The summed E-state index contributed by atoms with van der Waals surface area (Å²) in [6, 6.07) is 63.5. The van der Waals surface area contributed by atoms with E-state index in [1.807, 2.05) is 0 Å². The van der Waals surface area contributed by atoms with Crippen molar-refractivity contribution in [2.24, 2.45) is 23.7 Å². The van der Waals surface area contributed by atoms with E-state index in [0.29, 0.717) is 0 Å². The van der Waals surface area contributed by atoms with Crippen LogP contribution < -0.4 is 0 Å². The highest BCUT2D eigenvalue weighted by Gasteiger charge is 2.61. The fraction of sp³-hybridized carbons (Fsp3) is 0.179. The Hall–Kier alpha value is -6.18. The van der Waals surface area contributed by atoms with Crippen LogP contribution in [0, 0.1) is 23.7 Å². The summed E-state index contributed by atoms with van der Waals surface area (Å²) < 4.78 is 6.86. The van der Waals surface area contributed by atoms with Gasteiger partial charge in [-0.1, -0.05) is 152 Å². The minimum atomic E-state index is 0.158. The third-order valence-corrected chi connectivity index (χ3v) is 14.9. The second kappa shape index (κ2) is 11.9. The Balaban J connectivity index is 0.977. The molecule has 0 unspecified atom stereocenters. The van der Waals surface area contributed by atoms with Crippen LogP contribution in [0.4, 0.5) is 0 Å². The first-order valence-electron chi connectivity index (χ1n) is 21.1. The number of benzene rings is 8. The van der Waals surface area contributed by atoms with Crippen molar-refractivity contribution in [1.29, 1.82) is 0 Å². The van der Waals surface area contributed by atoms with Gasteiger partial charge in [-0.15, -0.1) is 0 Å². The van der Waals surface area contributed by atoms with Crippen molar-refractivity contribution >= 4 is 32.7 Å². The molecular formula is C56H42O. The minimum absolute atomic E-state index is 0.158. The van der Waals surface area contributed by atoms with E-state index in [4.69, 9.17) is 4.42 Å². The topological polar surface area (TPSA) is 13.1 Å². The molecule has 9 aromatic rings. The van der Waals surface area contributed by atoms with Crippen LogP contribution >= 0.6 is 0 Å². The van der Waals surface area contributed by atoms with Crippen molar-refractivity contribution in [3.63, 3.8) is 0 Å². The maximum Gasteiger partial charge on any atom is 0.143 e. The molecule has 57 heavy (non-hydrogen) atoms. The summed E-state index contributed by atoms with van der Waals surface area (Å²) in [7, 11) is 0. The molecule has 272 valence electrons. The Morgan fingerprint density at radius 2 is 0.912 bits per heavy atom. The molecule has 1 heteroatoms. The summed E-state index contributed by atoms with van der Waals surface area (Å²) >= 11 is 0. The lowest BCUT2D eigenvalue weighted by Gasteiger charge is -2.61. The maximum atomic E-state index is 6.86. The average Bonchev–Trinajstić information content (AvgIpc) is 3.79. The number of hydrogen-bond acceptors (Lipinski definition) is 1. The Kier molecular flexibility index (Phi) is 6.68. The van der Waals surface area contributed by atoms with Crippen molar-refractivity contribution < 1.29 is 4.42 Å². The Labute approximate surface area is 333 Å². The van der Waals surface area contributed by atoms with Crippen LogP contribution in [-0.4, -0.2) is 0 Å². The number of hydrogen-bond donors (Lipinski definition) is 0. The van der Waals surface area contributed by atoms with Crippen LogP contribution in [0.25, 0.3) is 88.3 Å². The molecule has 0 saturated heterocycles. The number of para-hydroxylation sites is 1. The molecule has 5 aliphatic carbocycles. The fourth-order valence-electron chi connectivity index (χ4n) is 12.9. The molecular weight excluding hydrogens is 689 g/mol. The molecule has 4 bridgehead atoms. The molecule has 1 heterocycles. The number of fused-ring (bicyclic) bond motifs is 7. The van der Waals surface area contributed by atoms with E-state index in [2.05, 4.69) is 170 Å². The van der Waals surface area contributed by atoms with E-state index in [9.17, 15) is 0 Å². The number of furan rings is 1. The highest BCUT2D eigenvalue weighted by molar-refractivity contribution is 6.13. The maximum absolute atomic E-state index is 6.86. The van der Waals surface area contributed by atoms with Gasteiger partial charge in [-0.25, -0.2) is 0 Å². The summed E-state index contributed by atoms with van der Waals surface area (Å²) in [5.41, 5.74) is 17.9. The van der Waals surface area contributed by atoms with Gasteiger partial charge in [-0.3, -0.25) is 0 Å². The van der Waals surface area contributed by atoms with E-state index in [1.54, 1.807) is 11.1 Å². The van der Waals surface area contributed by atoms with Gasteiger partial charge in [0.1, 0.15) is 11.2 Å². The molecule has 0 N–H and O–H groups in total. The van der Waals surface area contributed by atoms with E-state index >= 15 is 0 Å². The SMILES string of the molecule is c1ccc(-c2ccc(-c3ccc(-c4ccc5c(oc6ccccc65)c4-c4ccc5c(c4)-c4ccccc4C54C5CC6CC(C5)CC4C6)cc3)c3ccccc23)cc1. The lowest BCUT2D eigenvalue weighted by molar-refractivity contribution is -0.0399. The Morgan fingerprint density at radius 1 is 0.368 bits per heavy atom. The van der Waals surface area contributed by atoms with Crippen LogP contribution in [-0.2, 0) is 5.41 Å². The summed E-state index contributed by atoms with van der Waals surface area (Å²) in [5.74, 6) is 3.37. The zero-order valence-corrected chi connectivity index (χ0v) is 31.9. The van der Waals surface area contributed by atoms with Crippen LogP contribution in [0.3, 0.4) is 0 Å². The highest BCUT2D eigenvalue weighted by atomic mass is 16.3. The molecule has 1 spiro atoms. The first kappa shape index (κ1) is 32.0.